The van der Waals surface area contributed by atoms with Gasteiger partial charge in [-0.2, -0.15) is 0 Å². The molecule has 0 aromatic rings. The van der Waals surface area contributed by atoms with Crippen molar-refractivity contribution in [3.63, 3.8) is 0 Å². The van der Waals surface area contributed by atoms with Gasteiger partial charge in [0.1, 0.15) is 5.78 Å². The standard InChI is InChI=1S/C22H38O5.2Na/c1-2-3-4-5-6-7-8-9-10-11-12-13-14-15-16-17-20(23)19(22(26)27)18-21(24)25;;/h9-10,19H,2-8,11-18H2,1H3,(H,24,25)(H,26,27);;/q;2*+1/p-2/b10-9-;;. The first-order valence-corrected chi connectivity index (χ1v) is 10.6. The van der Waals surface area contributed by atoms with Gasteiger partial charge in [0.2, 0.25) is 0 Å². The number of carboxylic acid groups (broad SMARTS) is 2. The molecule has 0 fully saturated rings. The molecule has 0 rings (SSSR count). The van der Waals surface area contributed by atoms with E-state index in [1.165, 1.54) is 44.9 Å². The maximum atomic E-state index is 11.7. The first-order chi connectivity index (χ1) is 13.0. The van der Waals surface area contributed by atoms with E-state index in [-0.39, 0.29) is 65.5 Å². The summed E-state index contributed by atoms with van der Waals surface area (Å²) < 4.78 is 0. The van der Waals surface area contributed by atoms with Gasteiger partial charge in [0.15, 0.2) is 0 Å². The molecule has 1 unspecified atom stereocenters. The number of carboxylic acids is 2. The Morgan fingerprint density at radius 3 is 1.62 bits per heavy atom. The van der Waals surface area contributed by atoms with Gasteiger partial charge < -0.3 is 19.8 Å². The van der Waals surface area contributed by atoms with Gasteiger partial charge in [0, 0.05) is 18.8 Å². The summed E-state index contributed by atoms with van der Waals surface area (Å²) in [4.78, 5) is 33.0. The zero-order valence-electron chi connectivity index (χ0n) is 18.9. The topological polar surface area (TPSA) is 97.3 Å². The van der Waals surface area contributed by atoms with E-state index in [0.29, 0.717) is 6.42 Å². The predicted molar refractivity (Wildman–Crippen MR) is 103 cm³/mol. The SMILES string of the molecule is CCCCCCCC/C=C\CCCCCCCC(=O)C(CC(=O)[O-])C(=O)[O-].[Na+].[Na+]. The molecule has 29 heavy (non-hydrogen) atoms. The quantitative estimate of drug-likeness (QED) is 0.0956. The third-order valence-corrected chi connectivity index (χ3v) is 4.73. The fourth-order valence-corrected chi connectivity index (χ4v) is 3.04. The molecule has 7 heteroatoms. The van der Waals surface area contributed by atoms with Gasteiger partial charge in [-0.25, -0.2) is 0 Å². The van der Waals surface area contributed by atoms with E-state index in [4.69, 9.17) is 0 Å². The van der Waals surface area contributed by atoms with E-state index in [9.17, 15) is 24.6 Å². The largest absolute Gasteiger partial charge is 1.00 e. The molecule has 0 aliphatic carbocycles. The minimum Gasteiger partial charge on any atom is -0.550 e. The molecular weight excluding hydrogens is 390 g/mol. The molecule has 1 atom stereocenters. The van der Waals surface area contributed by atoms with Crippen LogP contribution < -0.4 is 69.3 Å². The predicted octanol–water partition coefficient (Wildman–Crippen LogP) is -2.89. The number of unbranched alkanes of at least 4 members (excludes halogenated alkanes) is 11. The molecule has 156 valence electrons. The normalized spacial score (nSPS) is 11.5. The molecule has 0 aliphatic heterocycles. The zero-order valence-corrected chi connectivity index (χ0v) is 22.9. The molecule has 0 spiro atoms. The summed E-state index contributed by atoms with van der Waals surface area (Å²) in [6.07, 6.45) is 18.6. The Morgan fingerprint density at radius 1 is 0.724 bits per heavy atom. The molecule has 0 aliphatic rings. The molecule has 0 bridgehead atoms. The number of carbonyl (C=O) groups excluding carboxylic acids is 3. The van der Waals surface area contributed by atoms with E-state index in [2.05, 4.69) is 19.1 Å². The van der Waals surface area contributed by atoms with Gasteiger partial charge in [-0.3, -0.25) is 4.79 Å². The van der Waals surface area contributed by atoms with Gasteiger partial charge in [-0.05, 0) is 32.1 Å². The Kier molecular flexibility index (Phi) is 28.8. The molecule has 0 aromatic heterocycles. The summed E-state index contributed by atoms with van der Waals surface area (Å²) in [5, 5.41) is 21.3. The third kappa shape index (κ3) is 22.9. The number of allylic oxidation sites excluding steroid dienone is 2. The van der Waals surface area contributed by atoms with Crippen molar-refractivity contribution in [1.29, 1.82) is 0 Å². The van der Waals surface area contributed by atoms with Crippen LogP contribution in [0.1, 0.15) is 103 Å². The van der Waals surface area contributed by atoms with Crippen molar-refractivity contribution in [1.82, 2.24) is 0 Å². The molecule has 0 amide bonds. The van der Waals surface area contributed by atoms with Crippen molar-refractivity contribution in [3.05, 3.63) is 12.2 Å². The number of Topliss-reactive ketones (excluding diaryl/α,β-unsaturated/α-hetero) is 1. The molecule has 0 aromatic carbocycles. The van der Waals surface area contributed by atoms with Crippen molar-refractivity contribution in [2.24, 2.45) is 5.92 Å². The van der Waals surface area contributed by atoms with Gasteiger partial charge >= 0.3 is 59.1 Å². The van der Waals surface area contributed by atoms with Crippen molar-refractivity contribution in [3.8, 4) is 0 Å². The van der Waals surface area contributed by atoms with Crippen LogP contribution in [0.3, 0.4) is 0 Å². The van der Waals surface area contributed by atoms with Crippen molar-refractivity contribution < 1.29 is 83.7 Å². The first-order valence-electron chi connectivity index (χ1n) is 10.6. The number of hydrogen-bond donors (Lipinski definition) is 0. The van der Waals surface area contributed by atoms with E-state index in [1.54, 1.807) is 0 Å². The molecule has 0 saturated carbocycles. The van der Waals surface area contributed by atoms with Crippen LogP contribution in [0.4, 0.5) is 0 Å². The smallest absolute Gasteiger partial charge is 0.550 e. The van der Waals surface area contributed by atoms with Gasteiger partial charge in [0.05, 0.1) is 11.9 Å². The molecular formula is C22H36Na2O5. The van der Waals surface area contributed by atoms with E-state index in [0.717, 1.165) is 32.1 Å². The average Bonchev–Trinajstić information content (AvgIpc) is 2.62. The monoisotopic (exact) mass is 426 g/mol. The van der Waals surface area contributed by atoms with Crippen LogP contribution in [0.2, 0.25) is 0 Å². The fourth-order valence-electron chi connectivity index (χ4n) is 3.04. The Labute approximate surface area is 221 Å². The Hall–Kier alpha value is 0.350. The van der Waals surface area contributed by atoms with Crippen LogP contribution in [0.15, 0.2) is 12.2 Å². The number of rotatable bonds is 19. The Balaban J connectivity index is -0.00000338. The van der Waals surface area contributed by atoms with Crippen LogP contribution in [0.5, 0.6) is 0 Å². The maximum Gasteiger partial charge on any atom is 1.00 e. The Bertz CT molecular complexity index is 452. The average molecular weight is 427 g/mol. The van der Waals surface area contributed by atoms with Crippen molar-refractivity contribution in [2.45, 2.75) is 103 Å². The van der Waals surface area contributed by atoms with Gasteiger partial charge in [-0.15, -0.1) is 0 Å². The second-order valence-corrected chi connectivity index (χ2v) is 7.25. The summed E-state index contributed by atoms with van der Waals surface area (Å²) in [6.45, 7) is 2.23. The minimum atomic E-state index is -1.63. The van der Waals surface area contributed by atoms with Crippen LogP contribution >= 0.6 is 0 Å². The summed E-state index contributed by atoms with van der Waals surface area (Å²) in [5.41, 5.74) is 0. The minimum absolute atomic E-state index is 0. The van der Waals surface area contributed by atoms with Crippen molar-refractivity contribution in [2.75, 3.05) is 0 Å². The molecule has 0 saturated heterocycles. The molecule has 0 heterocycles. The molecule has 0 N–H and O–H groups in total. The maximum absolute atomic E-state index is 11.7. The van der Waals surface area contributed by atoms with Gasteiger partial charge in [-0.1, -0.05) is 70.4 Å². The number of hydrogen-bond acceptors (Lipinski definition) is 5. The second-order valence-electron chi connectivity index (χ2n) is 7.25. The summed E-state index contributed by atoms with van der Waals surface area (Å²) in [5.74, 6) is -5.32. The summed E-state index contributed by atoms with van der Waals surface area (Å²) >= 11 is 0. The van der Waals surface area contributed by atoms with Gasteiger partial charge in [0.25, 0.3) is 0 Å². The van der Waals surface area contributed by atoms with Crippen LogP contribution in [-0.4, -0.2) is 17.7 Å². The van der Waals surface area contributed by atoms with E-state index in [1.807, 2.05) is 0 Å². The third-order valence-electron chi connectivity index (χ3n) is 4.73. The van der Waals surface area contributed by atoms with E-state index < -0.39 is 30.1 Å². The number of ketones is 1. The van der Waals surface area contributed by atoms with Crippen LogP contribution in [-0.2, 0) is 14.4 Å². The zero-order chi connectivity index (χ0) is 20.3. The van der Waals surface area contributed by atoms with Crippen molar-refractivity contribution >= 4 is 17.7 Å². The Morgan fingerprint density at radius 2 is 1.17 bits per heavy atom. The van der Waals surface area contributed by atoms with E-state index >= 15 is 0 Å². The molecule has 0 radical (unpaired) electrons. The molecule has 5 nitrogen and oxygen atoms in total. The fraction of sp³-hybridized carbons (Fsp3) is 0.773. The number of aliphatic carboxylic acids is 2. The number of carbonyl (C=O) groups is 3. The summed E-state index contributed by atoms with van der Waals surface area (Å²) in [6, 6.07) is 0. The first kappa shape index (κ1) is 34.0. The van der Waals surface area contributed by atoms with Crippen LogP contribution in [0, 0.1) is 5.92 Å². The second kappa shape index (κ2) is 24.6. The van der Waals surface area contributed by atoms with Crippen LogP contribution in [0.25, 0.3) is 0 Å². The summed E-state index contributed by atoms with van der Waals surface area (Å²) in [7, 11) is 0.